The molecule has 176 valence electrons. The first-order valence-corrected chi connectivity index (χ1v) is 10.5. The van der Waals surface area contributed by atoms with Gasteiger partial charge in [-0.3, -0.25) is 19.7 Å². The molecule has 3 rings (SSSR count). The molecule has 34 heavy (non-hydrogen) atoms. The number of benzene rings is 3. The summed E-state index contributed by atoms with van der Waals surface area (Å²) < 4.78 is 10.5. The van der Waals surface area contributed by atoms with Crippen molar-refractivity contribution in [3.63, 3.8) is 0 Å². The van der Waals surface area contributed by atoms with Crippen LogP contribution in [0.3, 0.4) is 0 Å². The summed E-state index contributed by atoms with van der Waals surface area (Å²) in [5, 5.41) is 16.7. The number of para-hydroxylation sites is 1. The first kappa shape index (κ1) is 24.2. The lowest BCUT2D eigenvalue weighted by Gasteiger charge is -2.13. The van der Waals surface area contributed by atoms with E-state index in [1.165, 1.54) is 25.1 Å². The van der Waals surface area contributed by atoms with E-state index in [0.29, 0.717) is 30.2 Å². The fourth-order valence-corrected chi connectivity index (χ4v) is 3.50. The Balaban J connectivity index is 1.69. The maximum absolute atomic E-state index is 12.8. The molecule has 0 spiro atoms. The van der Waals surface area contributed by atoms with E-state index in [1.54, 1.807) is 44.6 Å². The third-order valence-corrected chi connectivity index (χ3v) is 5.31. The summed E-state index contributed by atoms with van der Waals surface area (Å²) in [4.78, 5) is 36.3. The number of methoxy groups -OCH3 is 2. The van der Waals surface area contributed by atoms with Crippen molar-refractivity contribution in [2.45, 2.75) is 13.3 Å². The topological polar surface area (TPSA) is 120 Å². The van der Waals surface area contributed by atoms with Crippen LogP contribution < -0.4 is 20.1 Å². The number of carbonyl (C=O) groups excluding carboxylic acids is 2. The minimum absolute atomic E-state index is 0.145. The number of hydrogen-bond donors (Lipinski definition) is 2. The molecule has 0 heterocycles. The number of nitrogens with one attached hydrogen (secondary N) is 2. The van der Waals surface area contributed by atoms with Gasteiger partial charge in [0.1, 0.15) is 0 Å². The Labute approximate surface area is 196 Å². The summed E-state index contributed by atoms with van der Waals surface area (Å²) in [5.41, 5.74) is 1.82. The first-order valence-electron chi connectivity index (χ1n) is 10.5. The molecule has 0 saturated carbocycles. The zero-order chi connectivity index (χ0) is 24.7. The van der Waals surface area contributed by atoms with Crippen molar-refractivity contribution in [2.24, 2.45) is 0 Å². The fraction of sp³-hybridized carbons (Fsp3) is 0.200. The van der Waals surface area contributed by atoms with Crippen LogP contribution in [-0.4, -0.2) is 37.5 Å². The third kappa shape index (κ3) is 5.50. The summed E-state index contributed by atoms with van der Waals surface area (Å²) in [5.74, 6) is 0.341. The van der Waals surface area contributed by atoms with Gasteiger partial charge in [-0.1, -0.05) is 24.3 Å². The SMILES string of the molecule is COc1ccc(CCNC(=O)c2ccccc2NC(=O)c2cccc([N+](=O)[O-])c2C)cc1OC. The van der Waals surface area contributed by atoms with Crippen LogP contribution in [0, 0.1) is 17.0 Å². The molecule has 0 bridgehead atoms. The molecule has 0 saturated heterocycles. The molecule has 3 aromatic carbocycles. The van der Waals surface area contributed by atoms with Crippen LogP contribution in [0.4, 0.5) is 11.4 Å². The van der Waals surface area contributed by atoms with Crippen molar-refractivity contribution in [3.8, 4) is 11.5 Å². The number of ether oxygens (including phenoxy) is 2. The second kappa shape index (κ2) is 11.0. The Kier molecular flexibility index (Phi) is 7.81. The molecule has 0 atom stereocenters. The van der Waals surface area contributed by atoms with Gasteiger partial charge in [-0.2, -0.15) is 0 Å². The minimum atomic E-state index is -0.536. The Morgan fingerprint density at radius 2 is 1.62 bits per heavy atom. The second-order valence-corrected chi connectivity index (χ2v) is 7.40. The van der Waals surface area contributed by atoms with Crippen LogP contribution >= 0.6 is 0 Å². The molecule has 3 aromatic rings. The van der Waals surface area contributed by atoms with Gasteiger partial charge < -0.3 is 20.1 Å². The van der Waals surface area contributed by atoms with E-state index >= 15 is 0 Å². The normalized spacial score (nSPS) is 10.3. The maximum Gasteiger partial charge on any atom is 0.273 e. The lowest BCUT2D eigenvalue weighted by Crippen LogP contribution is -2.27. The largest absolute Gasteiger partial charge is 0.493 e. The highest BCUT2D eigenvalue weighted by Gasteiger charge is 2.20. The highest BCUT2D eigenvalue weighted by atomic mass is 16.6. The zero-order valence-electron chi connectivity index (χ0n) is 19.1. The molecule has 2 amide bonds. The molecule has 2 N–H and O–H groups in total. The van der Waals surface area contributed by atoms with Crippen LogP contribution in [0.5, 0.6) is 11.5 Å². The van der Waals surface area contributed by atoms with Crippen molar-refractivity contribution in [3.05, 3.63) is 93.0 Å². The number of nitro benzene ring substituents is 1. The van der Waals surface area contributed by atoms with Crippen molar-refractivity contribution in [2.75, 3.05) is 26.1 Å². The van der Waals surface area contributed by atoms with Gasteiger partial charge >= 0.3 is 0 Å². The second-order valence-electron chi connectivity index (χ2n) is 7.40. The predicted molar refractivity (Wildman–Crippen MR) is 128 cm³/mol. The number of nitrogens with zero attached hydrogens (tertiary/aromatic N) is 1. The van der Waals surface area contributed by atoms with Gasteiger partial charge in [0.2, 0.25) is 0 Å². The quantitative estimate of drug-likeness (QED) is 0.363. The van der Waals surface area contributed by atoms with Crippen molar-refractivity contribution in [1.82, 2.24) is 5.32 Å². The molecular weight excluding hydrogens is 438 g/mol. The Hall–Kier alpha value is -4.40. The Morgan fingerprint density at radius 1 is 0.912 bits per heavy atom. The highest BCUT2D eigenvalue weighted by Crippen LogP contribution is 2.27. The van der Waals surface area contributed by atoms with E-state index in [-0.39, 0.29) is 28.3 Å². The first-order chi connectivity index (χ1) is 16.3. The van der Waals surface area contributed by atoms with Crippen LogP contribution in [0.1, 0.15) is 31.8 Å². The van der Waals surface area contributed by atoms with Gasteiger partial charge in [-0.15, -0.1) is 0 Å². The van der Waals surface area contributed by atoms with Crippen molar-refractivity contribution in [1.29, 1.82) is 0 Å². The van der Waals surface area contributed by atoms with Crippen LogP contribution in [0.2, 0.25) is 0 Å². The lowest BCUT2D eigenvalue weighted by molar-refractivity contribution is -0.385. The number of rotatable bonds is 9. The summed E-state index contributed by atoms with van der Waals surface area (Å²) in [6.45, 7) is 1.88. The average Bonchev–Trinajstić information content (AvgIpc) is 2.84. The molecule has 9 heteroatoms. The van der Waals surface area contributed by atoms with Gasteiger partial charge in [0.15, 0.2) is 11.5 Å². The molecule has 9 nitrogen and oxygen atoms in total. The number of hydrogen-bond acceptors (Lipinski definition) is 6. The number of anilines is 1. The molecule has 0 radical (unpaired) electrons. The highest BCUT2D eigenvalue weighted by molar-refractivity contribution is 6.09. The van der Waals surface area contributed by atoms with Crippen molar-refractivity contribution >= 4 is 23.2 Å². The molecule has 0 fully saturated rings. The third-order valence-electron chi connectivity index (χ3n) is 5.31. The summed E-state index contributed by atoms with van der Waals surface area (Å²) >= 11 is 0. The molecule has 0 aliphatic heterocycles. The molecule has 0 aliphatic carbocycles. The lowest BCUT2D eigenvalue weighted by atomic mass is 10.1. The minimum Gasteiger partial charge on any atom is -0.493 e. The molecule has 0 aliphatic rings. The number of amides is 2. The molecular formula is C25H25N3O6. The predicted octanol–water partition coefficient (Wildman–Crippen LogP) is 4.15. The summed E-state index contributed by atoms with van der Waals surface area (Å²) in [6, 6.07) is 16.4. The van der Waals surface area contributed by atoms with Gasteiger partial charge in [-0.05, 0) is 49.2 Å². The molecule has 0 aromatic heterocycles. The van der Waals surface area contributed by atoms with Gasteiger partial charge in [0.25, 0.3) is 17.5 Å². The number of nitro groups is 1. The fourth-order valence-electron chi connectivity index (χ4n) is 3.50. The van der Waals surface area contributed by atoms with E-state index in [1.807, 2.05) is 12.1 Å². The van der Waals surface area contributed by atoms with Gasteiger partial charge in [0.05, 0.1) is 30.4 Å². The van der Waals surface area contributed by atoms with E-state index < -0.39 is 10.8 Å². The van der Waals surface area contributed by atoms with Crippen LogP contribution in [0.15, 0.2) is 60.7 Å². The Morgan fingerprint density at radius 3 is 2.32 bits per heavy atom. The van der Waals surface area contributed by atoms with E-state index in [0.717, 1.165) is 5.56 Å². The average molecular weight is 463 g/mol. The van der Waals surface area contributed by atoms with Crippen LogP contribution in [-0.2, 0) is 6.42 Å². The van der Waals surface area contributed by atoms with Gasteiger partial charge in [-0.25, -0.2) is 0 Å². The van der Waals surface area contributed by atoms with E-state index in [2.05, 4.69) is 10.6 Å². The van der Waals surface area contributed by atoms with E-state index in [4.69, 9.17) is 9.47 Å². The number of carbonyl (C=O) groups is 2. The molecule has 0 unspecified atom stereocenters. The monoisotopic (exact) mass is 463 g/mol. The Bertz CT molecular complexity index is 1230. The van der Waals surface area contributed by atoms with Crippen LogP contribution in [0.25, 0.3) is 0 Å². The van der Waals surface area contributed by atoms with E-state index in [9.17, 15) is 19.7 Å². The van der Waals surface area contributed by atoms with Gasteiger partial charge in [0, 0.05) is 23.7 Å². The zero-order valence-corrected chi connectivity index (χ0v) is 19.1. The summed E-state index contributed by atoms with van der Waals surface area (Å²) in [6.07, 6.45) is 0.563. The summed E-state index contributed by atoms with van der Waals surface area (Å²) in [7, 11) is 3.12. The van der Waals surface area contributed by atoms with Crippen molar-refractivity contribution < 1.29 is 24.0 Å². The smallest absolute Gasteiger partial charge is 0.273 e. The maximum atomic E-state index is 12.8. The standard InChI is InChI=1S/C25H25N3O6/c1-16-18(8-6-10-21(16)28(31)32)25(30)27-20-9-5-4-7-19(20)24(29)26-14-13-17-11-12-22(33-2)23(15-17)34-3/h4-12,15H,13-14H2,1-3H3,(H,26,29)(H,27,30).